The number of carbonyl (C=O) groups is 1. The molecular weight excluding hydrogens is 255 g/mol. The lowest BCUT2D eigenvalue weighted by atomic mass is 10.2. The molecule has 0 radical (unpaired) electrons. The average molecular weight is 265 g/mol. The van der Waals surface area contributed by atoms with Gasteiger partial charge < -0.3 is 15.0 Å². The van der Waals surface area contributed by atoms with Crippen molar-refractivity contribution in [3.63, 3.8) is 0 Å². The van der Waals surface area contributed by atoms with Gasteiger partial charge in [-0.1, -0.05) is 5.16 Å². The number of aromatic nitrogens is 1. The molecule has 0 amide bonds. The minimum atomic E-state index is -0.754. The van der Waals surface area contributed by atoms with E-state index in [1.807, 2.05) is 0 Å². The molecule has 2 N–H and O–H groups in total. The summed E-state index contributed by atoms with van der Waals surface area (Å²) in [5.74, 6) is -0.616. The second-order valence-electron chi connectivity index (χ2n) is 3.77. The summed E-state index contributed by atoms with van der Waals surface area (Å²) in [7, 11) is 0. The van der Waals surface area contributed by atoms with Crippen LogP contribution in [0.5, 0.6) is 0 Å². The van der Waals surface area contributed by atoms with Crippen LogP contribution >= 0.6 is 23.2 Å². The Labute approximate surface area is 102 Å². The molecule has 1 saturated carbocycles. The monoisotopic (exact) mass is 264 g/mol. The number of rotatable bonds is 3. The summed E-state index contributed by atoms with van der Waals surface area (Å²) in [4.78, 5) is 11.6. The number of esters is 1. The highest BCUT2D eigenvalue weighted by atomic mass is 35.5. The van der Waals surface area contributed by atoms with Crippen molar-refractivity contribution >= 4 is 35.1 Å². The summed E-state index contributed by atoms with van der Waals surface area (Å²) in [6, 6.07) is 0. The maximum atomic E-state index is 11.6. The van der Waals surface area contributed by atoms with Gasteiger partial charge in [-0.05, 0) is 13.3 Å². The van der Waals surface area contributed by atoms with Crippen LogP contribution in [0.1, 0.15) is 22.5 Å². The standard InChI is InChI=1S/C9H10Cl2N2O3/c1-4-6(7(12)16-13-4)8(14)15-3-5-2-9(5,10)11/h5H,2-3,12H2,1H3/t5-/m0/s1. The summed E-state index contributed by atoms with van der Waals surface area (Å²) >= 11 is 11.6. The van der Waals surface area contributed by atoms with Gasteiger partial charge in [-0.25, -0.2) is 4.79 Å². The highest BCUT2D eigenvalue weighted by Crippen LogP contribution is 2.53. The average Bonchev–Trinajstić information content (AvgIpc) is 2.66. The smallest absolute Gasteiger partial charge is 0.345 e. The Morgan fingerprint density at radius 3 is 2.81 bits per heavy atom. The molecule has 16 heavy (non-hydrogen) atoms. The molecule has 1 aliphatic rings. The van der Waals surface area contributed by atoms with Gasteiger partial charge in [0.05, 0.1) is 12.3 Å². The second-order valence-corrected chi connectivity index (χ2v) is 5.31. The SMILES string of the molecule is Cc1noc(N)c1C(=O)OC[C@@H]1CC1(Cl)Cl. The Morgan fingerprint density at radius 1 is 1.75 bits per heavy atom. The maximum Gasteiger partial charge on any atom is 0.345 e. The molecule has 0 aromatic carbocycles. The molecular formula is C9H10Cl2N2O3. The van der Waals surface area contributed by atoms with Crippen LogP contribution < -0.4 is 5.73 Å². The first kappa shape index (κ1) is 11.5. The van der Waals surface area contributed by atoms with E-state index in [-0.39, 0.29) is 24.0 Å². The van der Waals surface area contributed by atoms with Crippen LogP contribution in [0.2, 0.25) is 0 Å². The number of carbonyl (C=O) groups excluding carboxylic acids is 1. The molecule has 1 aliphatic carbocycles. The molecule has 7 heteroatoms. The number of anilines is 1. The fourth-order valence-electron chi connectivity index (χ4n) is 1.33. The minimum absolute atomic E-state index is 0.0128. The number of hydrogen-bond acceptors (Lipinski definition) is 5. The molecule has 0 aliphatic heterocycles. The van der Waals surface area contributed by atoms with Gasteiger partial charge in [0.2, 0.25) is 5.88 Å². The normalized spacial score (nSPS) is 21.8. The van der Waals surface area contributed by atoms with Gasteiger partial charge >= 0.3 is 5.97 Å². The summed E-state index contributed by atoms with van der Waals surface area (Å²) < 4.78 is 8.92. The molecule has 0 unspecified atom stereocenters. The van der Waals surface area contributed by atoms with Crippen molar-refractivity contribution in [3.8, 4) is 0 Å². The van der Waals surface area contributed by atoms with Gasteiger partial charge in [0.15, 0.2) is 0 Å². The third-order valence-corrected chi connectivity index (χ3v) is 3.39. The van der Waals surface area contributed by atoms with Crippen LogP contribution in [0.15, 0.2) is 4.52 Å². The summed E-state index contributed by atoms with van der Waals surface area (Å²) in [6.45, 7) is 1.79. The molecule has 88 valence electrons. The van der Waals surface area contributed by atoms with Crippen molar-refractivity contribution in [2.24, 2.45) is 5.92 Å². The zero-order valence-corrected chi connectivity index (χ0v) is 10.0. The number of alkyl halides is 2. The Morgan fingerprint density at radius 2 is 2.38 bits per heavy atom. The van der Waals surface area contributed by atoms with E-state index in [0.29, 0.717) is 12.1 Å². The lowest BCUT2D eigenvalue weighted by molar-refractivity contribution is 0.0485. The fourth-order valence-corrected chi connectivity index (χ4v) is 1.83. The van der Waals surface area contributed by atoms with E-state index in [2.05, 4.69) is 9.68 Å². The van der Waals surface area contributed by atoms with Crippen LogP contribution in [0, 0.1) is 12.8 Å². The second kappa shape index (κ2) is 3.82. The Kier molecular flexibility index (Phi) is 2.75. The van der Waals surface area contributed by atoms with E-state index in [0.717, 1.165) is 0 Å². The maximum absolute atomic E-state index is 11.6. The topological polar surface area (TPSA) is 78.4 Å². The third-order valence-electron chi connectivity index (χ3n) is 2.46. The first-order valence-corrected chi connectivity index (χ1v) is 5.44. The van der Waals surface area contributed by atoms with E-state index in [9.17, 15) is 4.79 Å². The number of nitrogens with zero attached hydrogens (tertiary/aromatic N) is 1. The van der Waals surface area contributed by atoms with E-state index in [1.54, 1.807) is 6.92 Å². The molecule has 1 aromatic rings. The van der Waals surface area contributed by atoms with Gasteiger partial charge in [0.1, 0.15) is 9.90 Å². The first-order valence-electron chi connectivity index (χ1n) is 4.68. The molecule has 1 atom stereocenters. The Hall–Kier alpha value is -0.940. The number of aryl methyl sites for hydroxylation is 1. The van der Waals surface area contributed by atoms with Crippen molar-refractivity contribution in [1.29, 1.82) is 0 Å². The number of nitrogens with two attached hydrogens (primary N) is 1. The molecule has 0 saturated heterocycles. The summed E-state index contributed by atoms with van der Waals surface area (Å²) in [5.41, 5.74) is 6.00. The number of hydrogen-bond donors (Lipinski definition) is 1. The van der Waals surface area contributed by atoms with E-state index < -0.39 is 10.3 Å². The fraction of sp³-hybridized carbons (Fsp3) is 0.556. The van der Waals surface area contributed by atoms with Crippen molar-refractivity contribution in [2.45, 2.75) is 17.7 Å². The molecule has 0 spiro atoms. The van der Waals surface area contributed by atoms with Gasteiger partial charge in [-0.3, -0.25) is 0 Å². The first-order chi connectivity index (χ1) is 7.42. The summed E-state index contributed by atoms with van der Waals surface area (Å²) in [6.07, 6.45) is 0.626. The zero-order valence-electron chi connectivity index (χ0n) is 8.50. The number of nitrogen functional groups attached to an aromatic ring is 1. The van der Waals surface area contributed by atoms with Gasteiger partial charge in [0, 0.05) is 5.92 Å². The third kappa shape index (κ3) is 2.10. The van der Waals surface area contributed by atoms with Gasteiger partial charge in [0.25, 0.3) is 0 Å². The van der Waals surface area contributed by atoms with Crippen LogP contribution in [-0.4, -0.2) is 22.1 Å². The van der Waals surface area contributed by atoms with Crippen LogP contribution in [0.3, 0.4) is 0 Å². The van der Waals surface area contributed by atoms with Crippen LogP contribution in [0.4, 0.5) is 5.88 Å². The van der Waals surface area contributed by atoms with E-state index >= 15 is 0 Å². The minimum Gasteiger partial charge on any atom is -0.461 e. The molecule has 0 bridgehead atoms. The predicted octanol–water partition coefficient (Wildman–Crippen LogP) is 1.92. The van der Waals surface area contributed by atoms with Crippen molar-refractivity contribution in [3.05, 3.63) is 11.3 Å². The van der Waals surface area contributed by atoms with Gasteiger partial charge in [-0.15, -0.1) is 23.2 Å². The Bertz CT molecular complexity index is 411. The van der Waals surface area contributed by atoms with E-state index in [4.69, 9.17) is 33.7 Å². The molecule has 1 fully saturated rings. The van der Waals surface area contributed by atoms with E-state index in [1.165, 1.54) is 0 Å². The van der Waals surface area contributed by atoms with Crippen molar-refractivity contribution in [1.82, 2.24) is 5.16 Å². The Balaban J connectivity index is 1.94. The summed E-state index contributed by atoms with van der Waals surface area (Å²) in [5, 5.41) is 3.56. The molecule has 1 heterocycles. The van der Waals surface area contributed by atoms with Crippen molar-refractivity contribution in [2.75, 3.05) is 12.3 Å². The van der Waals surface area contributed by atoms with Crippen molar-refractivity contribution < 1.29 is 14.1 Å². The van der Waals surface area contributed by atoms with Crippen LogP contribution in [0.25, 0.3) is 0 Å². The number of ether oxygens (including phenoxy) is 1. The highest BCUT2D eigenvalue weighted by Gasteiger charge is 2.52. The van der Waals surface area contributed by atoms with Crippen LogP contribution in [-0.2, 0) is 4.74 Å². The molecule has 2 rings (SSSR count). The quantitative estimate of drug-likeness (QED) is 0.667. The lowest BCUT2D eigenvalue weighted by Gasteiger charge is -2.03. The molecule has 1 aromatic heterocycles. The largest absolute Gasteiger partial charge is 0.461 e. The van der Waals surface area contributed by atoms with Gasteiger partial charge in [-0.2, -0.15) is 0 Å². The predicted molar refractivity (Wildman–Crippen MR) is 58.5 cm³/mol. The zero-order chi connectivity index (χ0) is 11.9. The number of halogens is 2. The molecule has 5 nitrogen and oxygen atoms in total. The lowest BCUT2D eigenvalue weighted by Crippen LogP contribution is -2.11. The highest BCUT2D eigenvalue weighted by molar-refractivity contribution is 6.50.